The first-order chi connectivity index (χ1) is 12.7. The normalized spacial score (nSPS) is 11.4. The molecule has 0 spiro atoms. The number of alkyl halides is 3. The van der Waals surface area contributed by atoms with Crippen LogP contribution in [-0.4, -0.2) is 36.0 Å². The topological polar surface area (TPSA) is 106 Å². The molecule has 0 saturated carbocycles. The summed E-state index contributed by atoms with van der Waals surface area (Å²) in [6.45, 7) is 1.43. The van der Waals surface area contributed by atoms with Gasteiger partial charge in [0.15, 0.2) is 0 Å². The SMILES string of the molecule is Cc1cc(Nc2cc(C(F)(F)F)ccn2)nc(-c2cn(CC(=O)O)nn2)c1. The van der Waals surface area contributed by atoms with Gasteiger partial charge in [0.2, 0.25) is 0 Å². The molecule has 3 aromatic rings. The van der Waals surface area contributed by atoms with Crippen LogP contribution in [0.2, 0.25) is 0 Å². The number of rotatable bonds is 5. The number of hydrogen-bond acceptors (Lipinski definition) is 6. The fraction of sp³-hybridized carbons (Fsp3) is 0.188. The maximum absolute atomic E-state index is 12.8. The van der Waals surface area contributed by atoms with Crippen LogP contribution in [0.25, 0.3) is 11.4 Å². The summed E-state index contributed by atoms with van der Waals surface area (Å²) in [5, 5.41) is 19.1. The number of anilines is 2. The van der Waals surface area contributed by atoms with Gasteiger partial charge in [0.25, 0.3) is 0 Å². The molecule has 0 aliphatic heterocycles. The Bertz CT molecular complexity index is 986. The Hall–Kier alpha value is -3.50. The van der Waals surface area contributed by atoms with E-state index in [0.29, 0.717) is 11.4 Å². The summed E-state index contributed by atoms with van der Waals surface area (Å²) in [6.07, 6.45) is -2.01. The predicted octanol–water partition coefficient (Wildman–Crippen LogP) is 2.89. The highest BCUT2D eigenvalue weighted by molar-refractivity contribution is 5.67. The smallest absolute Gasteiger partial charge is 0.416 e. The third-order valence-electron chi connectivity index (χ3n) is 3.41. The van der Waals surface area contributed by atoms with Crippen molar-refractivity contribution in [1.82, 2.24) is 25.0 Å². The lowest BCUT2D eigenvalue weighted by Crippen LogP contribution is -2.08. The van der Waals surface area contributed by atoms with E-state index in [4.69, 9.17) is 5.11 Å². The molecule has 0 amide bonds. The molecule has 3 heterocycles. The summed E-state index contributed by atoms with van der Waals surface area (Å²) in [5.74, 6) is -0.811. The van der Waals surface area contributed by atoms with Crippen molar-refractivity contribution in [2.24, 2.45) is 0 Å². The largest absolute Gasteiger partial charge is 0.480 e. The van der Waals surface area contributed by atoms with E-state index in [1.165, 1.54) is 6.20 Å². The van der Waals surface area contributed by atoms with Gasteiger partial charge < -0.3 is 10.4 Å². The minimum Gasteiger partial charge on any atom is -0.480 e. The molecule has 3 aromatic heterocycles. The minimum atomic E-state index is -4.48. The van der Waals surface area contributed by atoms with Crippen molar-refractivity contribution in [2.45, 2.75) is 19.6 Å². The van der Waals surface area contributed by atoms with Gasteiger partial charge in [-0.3, -0.25) is 4.79 Å². The predicted molar refractivity (Wildman–Crippen MR) is 88.1 cm³/mol. The summed E-state index contributed by atoms with van der Waals surface area (Å²) in [7, 11) is 0. The fourth-order valence-corrected chi connectivity index (χ4v) is 2.30. The van der Waals surface area contributed by atoms with Crippen LogP contribution in [0.4, 0.5) is 24.8 Å². The first-order valence-electron chi connectivity index (χ1n) is 7.62. The molecular formula is C16H13F3N6O2. The number of carboxylic acid groups (broad SMARTS) is 1. The Morgan fingerprint density at radius 3 is 2.70 bits per heavy atom. The van der Waals surface area contributed by atoms with Crippen molar-refractivity contribution in [3.8, 4) is 11.4 Å². The molecule has 0 radical (unpaired) electrons. The van der Waals surface area contributed by atoms with Gasteiger partial charge in [-0.15, -0.1) is 5.10 Å². The standard InChI is InChI=1S/C16H13F3N6O2/c1-9-4-11(12-7-25(24-23-12)8-15(26)27)21-14(5-9)22-13-6-10(2-3-20-13)16(17,18)19/h2-7H,8H2,1H3,(H,26,27)(H,20,21,22). The van der Waals surface area contributed by atoms with Gasteiger partial charge in [-0.1, -0.05) is 5.21 Å². The first kappa shape index (κ1) is 18.3. The van der Waals surface area contributed by atoms with Crippen molar-refractivity contribution in [1.29, 1.82) is 0 Å². The molecule has 0 unspecified atom stereocenters. The summed E-state index contributed by atoms with van der Waals surface area (Å²) >= 11 is 0. The van der Waals surface area contributed by atoms with E-state index >= 15 is 0 Å². The van der Waals surface area contributed by atoms with Crippen LogP contribution < -0.4 is 5.32 Å². The van der Waals surface area contributed by atoms with E-state index in [2.05, 4.69) is 25.6 Å². The zero-order chi connectivity index (χ0) is 19.6. The Balaban J connectivity index is 1.88. The summed E-state index contributed by atoms with van der Waals surface area (Å²) in [4.78, 5) is 18.9. The molecule has 0 bridgehead atoms. The van der Waals surface area contributed by atoms with Crippen molar-refractivity contribution < 1.29 is 23.1 Å². The van der Waals surface area contributed by atoms with Crippen LogP contribution >= 0.6 is 0 Å². The van der Waals surface area contributed by atoms with E-state index in [1.54, 1.807) is 19.1 Å². The second kappa shape index (κ2) is 7.02. The first-order valence-corrected chi connectivity index (χ1v) is 7.62. The minimum absolute atomic E-state index is 0.0107. The Morgan fingerprint density at radius 1 is 1.22 bits per heavy atom. The number of nitrogens with zero attached hydrogens (tertiary/aromatic N) is 5. The molecule has 27 heavy (non-hydrogen) atoms. The van der Waals surface area contributed by atoms with Gasteiger partial charge in [-0.05, 0) is 36.8 Å². The number of carboxylic acids is 1. The van der Waals surface area contributed by atoms with Crippen molar-refractivity contribution >= 4 is 17.6 Å². The molecule has 0 aromatic carbocycles. The van der Waals surface area contributed by atoms with Crippen molar-refractivity contribution in [2.75, 3.05) is 5.32 Å². The molecule has 11 heteroatoms. The molecule has 8 nitrogen and oxygen atoms in total. The van der Waals surface area contributed by atoms with Crippen LogP contribution in [0.15, 0.2) is 36.7 Å². The Morgan fingerprint density at radius 2 is 2.00 bits per heavy atom. The number of carbonyl (C=O) groups is 1. The Kier molecular flexibility index (Phi) is 4.75. The monoisotopic (exact) mass is 378 g/mol. The number of halogens is 3. The molecule has 0 atom stereocenters. The van der Waals surface area contributed by atoms with Gasteiger partial charge >= 0.3 is 12.1 Å². The van der Waals surface area contributed by atoms with Crippen molar-refractivity contribution in [3.63, 3.8) is 0 Å². The zero-order valence-corrected chi connectivity index (χ0v) is 13.9. The van der Waals surface area contributed by atoms with Crippen molar-refractivity contribution in [3.05, 3.63) is 47.8 Å². The molecule has 2 N–H and O–H groups in total. The molecule has 0 aliphatic carbocycles. The molecule has 0 saturated heterocycles. The van der Waals surface area contributed by atoms with Crippen LogP contribution in [-0.2, 0) is 17.5 Å². The maximum Gasteiger partial charge on any atom is 0.416 e. The molecule has 3 rings (SSSR count). The lowest BCUT2D eigenvalue weighted by molar-refractivity contribution is -0.138. The van der Waals surface area contributed by atoms with E-state index < -0.39 is 17.7 Å². The number of nitrogens with one attached hydrogen (secondary N) is 1. The van der Waals surface area contributed by atoms with Crippen LogP contribution in [0, 0.1) is 6.92 Å². The number of pyridine rings is 2. The lowest BCUT2D eigenvalue weighted by atomic mass is 10.2. The quantitative estimate of drug-likeness (QED) is 0.703. The van der Waals surface area contributed by atoms with Crippen LogP contribution in [0.3, 0.4) is 0 Å². The maximum atomic E-state index is 12.8. The molecule has 0 aliphatic rings. The van der Waals surface area contributed by atoms with Gasteiger partial charge in [-0.25, -0.2) is 14.6 Å². The second-order valence-electron chi connectivity index (χ2n) is 5.66. The van der Waals surface area contributed by atoms with Gasteiger partial charge in [0.05, 0.1) is 17.5 Å². The number of aliphatic carboxylic acids is 1. The van der Waals surface area contributed by atoms with Gasteiger partial charge in [0.1, 0.15) is 23.9 Å². The molecule has 140 valence electrons. The highest BCUT2D eigenvalue weighted by Crippen LogP contribution is 2.30. The highest BCUT2D eigenvalue weighted by Gasteiger charge is 2.30. The van der Waals surface area contributed by atoms with E-state index in [9.17, 15) is 18.0 Å². The number of aryl methyl sites for hydroxylation is 1. The van der Waals surface area contributed by atoms with E-state index in [1.807, 2.05) is 0 Å². The van der Waals surface area contributed by atoms with Crippen LogP contribution in [0.1, 0.15) is 11.1 Å². The van der Waals surface area contributed by atoms with Gasteiger partial charge in [-0.2, -0.15) is 13.2 Å². The number of hydrogen-bond donors (Lipinski definition) is 2. The second-order valence-corrected chi connectivity index (χ2v) is 5.66. The molecular weight excluding hydrogens is 365 g/mol. The lowest BCUT2D eigenvalue weighted by Gasteiger charge is -2.10. The highest BCUT2D eigenvalue weighted by atomic mass is 19.4. The molecule has 0 fully saturated rings. The summed E-state index contributed by atoms with van der Waals surface area (Å²) < 4.78 is 39.6. The third kappa shape index (κ3) is 4.57. The summed E-state index contributed by atoms with van der Waals surface area (Å²) in [6, 6.07) is 5.08. The van der Waals surface area contributed by atoms with Crippen LogP contribution in [0.5, 0.6) is 0 Å². The summed E-state index contributed by atoms with van der Waals surface area (Å²) in [5.41, 5.74) is 0.660. The third-order valence-corrected chi connectivity index (χ3v) is 3.41. The van der Waals surface area contributed by atoms with Gasteiger partial charge in [0, 0.05) is 6.20 Å². The zero-order valence-electron chi connectivity index (χ0n) is 13.9. The average Bonchev–Trinajstić information content (AvgIpc) is 3.01. The fourth-order valence-electron chi connectivity index (χ4n) is 2.30. The number of aromatic nitrogens is 5. The Labute approximate surface area is 150 Å². The van der Waals surface area contributed by atoms with E-state index in [-0.39, 0.29) is 18.2 Å². The average molecular weight is 378 g/mol. The van der Waals surface area contributed by atoms with E-state index in [0.717, 1.165) is 28.6 Å².